The van der Waals surface area contributed by atoms with Gasteiger partial charge >= 0.3 is 0 Å². The molecular formula is C19H27N3O2. The highest BCUT2D eigenvalue weighted by atomic mass is 16.5. The van der Waals surface area contributed by atoms with E-state index in [-0.39, 0.29) is 5.91 Å². The van der Waals surface area contributed by atoms with Gasteiger partial charge in [0, 0.05) is 37.7 Å². The Morgan fingerprint density at radius 3 is 2.75 bits per heavy atom. The summed E-state index contributed by atoms with van der Waals surface area (Å²) in [5.74, 6) is 2.33. The lowest BCUT2D eigenvalue weighted by Gasteiger charge is -2.33. The van der Waals surface area contributed by atoms with E-state index < -0.39 is 0 Å². The van der Waals surface area contributed by atoms with Crippen LogP contribution in [-0.4, -0.2) is 53.6 Å². The van der Waals surface area contributed by atoms with Crippen LogP contribution in [0.4, 0.5) is 0 Å². The first-order chi connectivity index (χ1) is 11.6. The molecule has 5 nitrogen and oxygen atoms in total. The minimum atomic E-state index is 0.0628. The molecule has 4 aliphatic rings. The SMILES string of the molecule is CN(CC1CC12CCN(C(=O)c1cc(C3CC3)on1)CC2)C1CC1. The van der Waals surface area contributed by atoms with E-state index in [1.165, 1.54) is 38.6 Å². The molecule has 24 heavy (non-hydrogen) atoms. The number of hydrogen-bond acceptors (Lipinski definition) is 4. The van der Waals surface area contributed by atoms with E-state index in [9.17, 15) is 4.79 Å². The van der Waals surface area contributed by atoms with Gasteiger partial charge in [-0.05, 0) is 63.3 Å². The summed E-state index contributed by atoms with van der Waals surface area (Å²) in [7, 11) is 2.28. The molecule has 1 atom stereocenters. The normalized spacial score (nSPS) is 28.6. The van der Waals surface area contributed by atoms with Gasteiger partial charge in [-0.2, -0.15) is 0 Å². The first kappa shape index (κ1) is 14.9. The topological polar surface area (TPSA) is 49.6 Å². The smallest absolute Gasteiger partial charge is 0.276 e. The van der Waals surface area contributed by atoms with Crippen molar-refractivity contribution < 1.29 is 9.32 Å². The van der Waals surface area contributed by atoms with Crippen LogP contribution in [0.25, 0.3) is 0 Å². The number of piperidine rings is 1. The molecule has 0 radical (unpaired) electrons. The lowest BCUT2D eigenvalue weighted by Crippen LogP contribution is -2.40. The molecule has 1 aliphatic heterocycles. The fraction of sp³-hybridized carbons (Fsp3) is 0.789. The number of rotatable bonds is 5. The molecule has 1 saturated heterocycles. The van der Waals surface area contributed by atoms with Crippen LogP contribution in [0.2, 0.25) is 0 Å². The summed E-state index contributed by atoms with van der Waals surface area (Å²) in [5.41, 5.74) is 1.04. The van der Waals surface area contributed by atoms with E-state index in [1.807, 2.05) is 11.0 Å². The monoisotopic (exact) mass is 329 g/mol. The van der Waals surface area contributed by atoms with Crippen LogP contribution in [0.3, 0.4) is 0 Å². The summed E-state index contributed by atoms with van der Waals surface area (Å²) >= 11 is 0. The highest BCUT2D eigenvalue weighted by molar-refractivity contribution is 5.92. The lowest BCUT2D eigenvalue weighted by molar-refractivity contribution is 0.0654. The third-order valence-electron chi connectivity index (χ3n) is 6.81. The predicted molar refractivity (Wildman–Crippen MR) is 89.8 cm³/mol. The molecule has 1 aromatic heterocycles. The van der Waals surface area contributed by atoms with Gasteiger partial charge in [-0.3, -0.25) is 4.79 Å². The third kappa shape index (κ3) is 2.67. The molecule has 0 aromatic carbocycles. The largest absolute Gasteiger partial charge is 0.360 e. The van der Waals surface area contributed by atoms with Gasteiger partial charge in [-0.15, -0.1) is 0 Å². The standard InChI is InChI=1S/C19H27N3O2/c1-21(15-4-5-15)12-14-11-19(14)6-8-22(9-7-19)18(23)16-10-17(24-20-16)13-2-3-13/h10,13-15H,2-9,11-12H2,1H3. The Balaban J connectivity index is 1.15. The average molecular weight is 329 g/mol. The van der Waals surface area contributed by atoms with Gasteiger partial charge in [0.05, 0.1) is 0 Å². The quantitative estimate of drug-likeness (QED) is 0.833. The van der Waals surface area contributed by atoms with Crippen LogP contribution < -0.4 is 0 Å². The summed E-state index contributed by atoms with van der Waals surface area (Å²) in [5, 5.41) is 4.01. The maximum atomic E-state index is 12.6. The number of aromatic nitrogens is 1. The highest BCUT2D eigenvalue weighted by Crippen LogP contribution is 2.59. The zero-order chi connectivity index (χ0) is 16.3. The average Bonchev–Trinajstić information content (AvgIpc) is 3.47. The molecule has 5 heteroatoms. The third-order valence-corrected chi connectivity index (χ3v) is 6.81. The summed E-state index contributed by atoms with van der Waals surface area (Å²) in [6.07, 6.45) is 8.81. The molecule has 0 bridgehead atoms. The minimum absolute atomic E-state index is 0.0628. The number of likely N-dealkylation sites (tertiary alicyclic amines) is 1. The van der Waals surface area contributed by atoms with E-state index in [0.717, 1.165) is 43.7 Å². The highest BCUT2D eigenvalue weighted by Gasteiger charge is 2.55. The van der Waals surface area contributed by atoms with Crippen molar-refractivity contribution in [2.45, 2.75) is 56.9 Å². The molecule has 130 valence electrons. The van der Waals surface area contributed by atoms with Crippen molar-refractivity contribution in [2.24, 2.45) is 11.3 Å². The number of amides is 1. The van der Waals surface area contributed by atoms with Crippen molar-refractivity contribution in [1.29, 1.82) is 0 Å². The van der Waals surface area contributed by atoms with Crippen molar-refractivity contribution >= 4 is 5.91 Å². The lowest BCUT2D eigenvalue weighted by atomic mass is 9.90. The number of hydrogen-bond donors (Lipinski definition) is 0. The summed E-state index contributed by atoms with van der Waals surface area (Å²) in [6.45, 7) is 3.02. The van der Waals surface area contributed by atoms with E-state index in [4.69, 9.17) is 4.52 Å². The Morgan fingerprint density at radius 1 is 1.33 bits per heavy atom. The molecule has 2 heterocycles. The fourth-order valence-corrected chi connectivity index (χ4v) is 4.58. The van der Waals surface area contributed by atoms with Crippen LogP contribution >= 0.6 is 0 Å². The van der Waals surface area contributed by atoms with Gasteiger partial charge in [0.15, 0.2) is 5.69 Å². The number of nitrogens with zero attached hydrogens (tertiary/aromatic N) is 3. The van der Waals surface area contributed by atoms with Crippen molar-refractivity contribution in [2.75, 3.05) is 26.7 Å². The molecular weight excluding hydrogens is 302 g/mol. The second kappa shape index (κ2) is 5.32. The zero-order valence-corrected chi connectivity index (χ0v) is 14.5. The number of carbonyl (C=O) groups is 1. The second-order valence-electron chi connectivity index (χ2n) is 8.62. The Hall–Kier alpha value is -1.36. The predicted octanol–water partition coefficient (Wildman–Crippen LogP) is 2.89. The van der Waals surface area contributed by atoms with Gasteiger partial charge in [-0.1, -0.05) is 5.16 Å². The number of carbonyl (C=O) groups excluding carboxylic acids is 1. The summed E-state index contributed by atoms with van der Waals surface area (Å²) in [6, 6.07) is 2.73. The summed E-state index contributed by atoms with van der Waals surface area (Å²) < 4.78 is 5.34. The molecule has 1 aromatic rings. The second-order valence-corrected chi connectivity index (χ2v) is 8.62. The van der Waals surface area contributed by atoms with Crippen LogP contribution in [-0.2, 0) is 0 Å². The molecule has 0 N–H and O–H groups in total. The van der Waals surface area contributed by atoms with Gasteiger partial charge in [0.1, 0.15) is 5.76 Å². The van der Waals surface area contributed by atoms with Gasteiger partial charge < -0.3 is 14.3 Å². The molecule has 1 spiro atoms. The van der Waals surface area contributed by atoms with E-state index in [1.54, 1.807) is 0 Å². The summed E-state index contributed by atoms with van der Waals surface area (Å²) in [4.78, 5) is 17.2. The molecule has 1 amide bonds. The minimum Gasteiger partial charge on any atom is -0.360 e. The molecule has 3 aliphatic carbocycles. The van der Waals surface area contributed by atoms with Crippen LogP contribution in [0.5, 0.6) is 0 Å². The first-order valence-electron chi connectivity index (χ1n) is 9.61. The zero-order valence-electron chi connectivity index (χ0n) is 14.5. The van der Waals surface area contributed by atoms with Crippen molar-refractivity contribution in [1.82, 2.24) is 15.0 Å². The molecule has 5 rings (SSSR count). The Labute approximate surface area is 143 Å². The Kier molecular flexibility index (Phi) is 3.31. The van der Waals surface area contributed by atoms with E-state index >= 15 is 0 Å². The first-order valence-corrected chi connectivity index (χ1v) is 9.61. The maximum Gasteiger partial charge on any atom is 0.276 e. The van der Waals surface area contributed by atoms with Gasteiger partial charge in [0.2, 0.25) is 0 Å². The van der Waals surface area contributed by atoms with Gasteiger partial charge in [-0.25, -0.2) is 0 Å². The van der Waals surface area contributed by atoms with Gasteiger partial charge in [0.25, 0.3) is 5.91 Å². The van der Waals surface area contributed by atoms with E-state index in [2.05, 4.69) is 17.1 Å². The Bertz CT molecular complexity index is 639. The molecule has 3 saturated carbocycles. The van der Waals surface area contributed by atoms with Crippen molar-refractivity contribution in [3.63, 3.8) is 0 Å². The molecule has 4 fully saturated rings. The van der Waals surface area contributed by atoms with Crippen LogP contribution in [0.15, 0.2) is 10.6 Å². The Morgan fingerprint density at radius 2 is 2.08 bits per heavy atom. The van der Waals surface area contributed by atoms with Crippen LogP contribution in [0, 0.1) is 11.3 Å². The maximum absolute atomic E-state index is 12.6. The fourth-order valence-electron chi connectivity index (χ4n) is 4.58. The van der Waals surface area contributed by atoms with Crippen molar-refractivity contribution in [3.05, 3.63) is 17.5 Å². The molecule has 1 unspecified atom stereocenters. The van der Waals surface area contributed by atoms with E-state index in [0.29, 0.717) is 17.0 Å². The van der Waals surface area contributed by atoms with Crippen molar-refractivity contribution in [3.8, 4) is 0 Å². The van der Waals surface area contributed by atoms with Crippen LogP contribution in [0.1, 0.15) is 67.1 Å².